The molecule has 6 nitrogen and oxygen atoms in total. The Morgan fingerprint density at radius 2 is 2.16 bits per heavy atom. The smallest absolute Gasteiger partial charge is 0.354 e. The molecule has 19 heavy (non-hydrogen) atoms. The minimum atomic E-state index is -1.13. The van der Waals surface area contributed by atoms with E-state index >= 15 is 0 Å². The van der Waals surface area contributed by atoms with Crippen LogP contribution in [-0.2, 0) is 10.8 Å². The zero-order chi connectivity index (χ0) is 14.4. The third kappa shape index (κ3) is 5.17. The second-order valence-corrected chi connectivity index (χ2v) is 5.73. The van der Waals surface area contributed by atoms with E-state index in [0.717, 1.165) is 0 Å². The van der Waals surface area contributed by atoms with E-state index in [4.69, 9.17) is 5.11 Å². The molecule has 1 aromatic rings. The van der Waals surface area contributed by atoms with E-state index in [0.29, 0.717) is 17.7 Å². The molecule has 1 amide bonds. The molecule has 0 saturated carbocycles. The summed E-state index contributed by atoms with van der Waals surface area (Å²) in [5.74, 6) is -0.929. The third-order valence-electron chi connectivity index (χ3n) is 2.46. The molecule has 1 aromatic heterocycles. The standard InChI is InChI=1S/C12H16N2O4S/c1-8(5-6-19(2)18)14-11(15)9-3-4-10(12(16)17)13-7-9/h3-4,7-8H,5-6H2,1-2H3,(H,14,15)(H,16,17). The van der Waals surface area contributed by atoms with Gasteiger partial charge in [0, 0.05) is 35.0 Å². The number of nitrogens with zero attached hydrogens (tertiary/aromatic N) is 1. The van der Waals surface area contributed by atoms with Crippen LogP contribution in [0.4, 0.5) is 0 Å². The molecule has 7 heteroatoms. The Hall–Kier alpha value is -1.76. The summed E-state index contributed by atoms with van der Waals surface area (Å²) in [4.78, 5) is 26.1. The SMILES string of the molecule is CC(CCS(C)=O)NC(=O)c1ccc(C(=O)O)nc1. The maximum Gasteiger partial charge on any atom is 0.354 e. The van der Waals surface area contributed by atoms with Crippen molar-refractivity contribution < 1.29 is 18.9 Å². The van der Waals surface area contributed by atoms with Crippen molar-refractivity contribution >= 4 is 22.7 Å². The number of amides is 1. The Kier molecular flexibility index (Phi) is 5.62. The van der Waals surface area contributed by atoms with Crippen molar-refractivity contribution in [1.29, 1.82) is 0 Å². The topological polar surface area (TPSA) is 96.4 Å². The van der Waals surface area contributed by atoms with Crippen molar-refractivity contribution in [2.24, 2.45) is 0 Å². The molecule has 0 aliphatic rings. The molecular formula is C12H16N2O4S. The van der Waals surface area contributed by atoms with Crippen LogP contribution in [0, 0.1) is 0 Å². The van der Waals surface area contributed by atoms with Crippen molar-refractivity contribution in [3.63, 3.8) is 0 Å². The van der Waals surface area contributed by atoms with Gasteiger partial charge in [0.25, 0.3) is 5.91 Å². The maximum absolute atomic E-state index is 11.8. The average Bonchev–Trinajstić information content (AvgIpc) is 2.36. The first-order chi connectivity index (χ1) is 8.90. The Morgan fingerprint density at radius 3 is 2.63 bits per heavy atom. The van der Waals surface area contributed by atoms with E-state index in [9.17, 15) is 13.8 Å². The zero-order valence-corrected chi connectivity index (χ0v) is 11.6. The summed E-state index contributed by atoms with van der Waals surface area (Å²) in [5, 5.41) is 11.4. The van der Waals surface area contributed by atoms with Crippen LogP contribution >= 0.6 is 0 Å². The van der Waals surface area contributed by atoms with Crippen LogP contribution in [0.25, 0.3) is 0 Å². The number of carbonyl (C=O) groups excluding carboxylic acids is 1. The molecule has 0 radical (unpaired) electrons. The lowest BCUT2D eigenvalue weighted by Gasteiger charge is -2.12. The molecule has 2 N–H and O–H groups in total. The zero-order valence-electron chi connectivity index (χ0n) is 10.8. The van der Waals surface area contributed by atoms with Crippen LogP contribution in [0.3, 0.4) is 0 Å². The van der Waals surface area contributed by atoms with Crippen LogP contribution in [0.15, 0.2) is 18.3 Å². The number of carbonyl (C=O) groups is 2. The van der Waals surface area contributed by atoms with Crippen molar-refractivity contribution in [3.8, 4) is 0 Å². The van der Waals surface area contributed by atoms with Crippen LogP contribution < -0.4 is 5.32 Å². The molecule has 2 unspecified atom stereocenters. The molecule has 0 aromatic carbocycles. The molecular weight excluding hydrogens is 268 g/mol. The van der Waals surface area contributed by atoms with E-state index in [1.165, 1.54) is 18.3 Å². The Bertz CT molecular complexity index is 487. The first kappa shape index (κ1) is 15.3. The minimum Gasteiger partial charge on any atom is -0.477 e. The van der Waals surface area contributed by atoms with E-state index < -0.39 is 16.8 Å². The minimum absolute atomic E-state index is 0.101. The molecule has 0 fully saturated rings. The largest absolute Gasteiger partial charge is 0.477 e. The highest BCUT2D eigenvalue weighted by molar-refractivity contribution is 7.84. The molecule has 104 valence electrons. The Labute approximate surface area is 113 Å². The monoisotopic (exact) mass is 284 g/mol. The van der Waals surface area contributed by atoms with E-state index in [1.807, 2.05) is 6.92 Å². The summed E-state index contributed by atoms with van der Waals surface area (Å²) in [6.07, 6.45) is 3.46. The van der Waals surface area contributed by atoms with E-state index in [1.54, 1.807) is 6.26 Å². The van der Waals surface area contributed by atoms with Gasteiger partial charge in [-0.25, -0.2) is 9.78 Å². The quantitative estimate of drug-likeness (QED) is 0.800. The van der Waals surface area contributed by atoms with Gasteiger partial charge in [0.05, 0.1) is 5.56 Å². The molecule has 0 bridgehead atoms. The van der Waals surface area contributed by atoms with Gasteiger partial charge >= 0.3 is 5.97 Å². The number of carboxylic acid groups (broad SMARTS) is 1. The van der Waals surface area contributed by atoms with Gasteiger partial charge in [-0.3, -0.25) is 9.00 Å². The summed E-state index contributed by atoms with van der Waals surface area (Å²) in [6, 6.07) is 2.59. The lowest BCUT2D eigenvalue weighted by Crippen LogP contribution is -2.33. The number of carboxylic acids is 1. The lowest BCUT2D eigenvalue weighted by atomic mass is 10.2. The summed E-state index contributed by atoms with van der Waals surface area (Å²) in [6.45, 7) is 1.82. The summed E-state index contributed by atoms with van der Waals surface area (Å²) < 4.78 is 10.9. The first-order valence-electron chi connectivity index (χ1n) is 5.70. The summed E-state index contributed by atoms with van der Waals surface area (Å²) >= 11 is 0. The van der Waals surface area contributed by atoms with Gasteiger partial charge in [-0.15, -0.1) is 0 Å². The van der Waals surface area contributed by atoms with Crippen molar-refractivity contribution in [2.45, 2.75) is 19.4 Å². The van der Waals surface area contributed by atoms with Gasteiger partial charge in [-0.1, -0.05) is 0 Å². The fourth-order valence-corrected chi connectivity index (χ4v) is 2.06. The fraction of sp³-hybridized carbons (Fsp3) is 0.417. The predicted octanol–water partition coefficient (Wildman–Crippen LogP) is 0.667. The van der Waals surface area contributed by atoms with Crippen molar-refractivity contribution in [3.05, 3.63) is 29.6 Å². The van der Waals surface area contributed by atoms with Gasteiger partial charge in [-0.05, 0) is 25.5 Å². The molecule has 2 atom stereocenters. The number of nitrogens with one attached hydrogen (secondary N) is 1. The first-order valence-corrected chi connectivity index (χ1v) is 7.43. The maximum atomic E-state index is 11.8. The molecule has 0 aliphatic heterocycles. The molecule has 1 heterocycles. The summed E-state index contributed by atoms with van der Waals surface area (Å²) in [5.41, 5.74) is 0.195. The van der Waals surface area contributed by atoms with E-state index in [-0.39, 0.29) is 17.6 Å². The Morgan fingerprint density at radius 1 is 1.47 bits per heavy atom. The average molecular weight is 284 g/mol. The van der Waals surface area contributed by atoms with Crippen LogP contribution in [0.1, 0.15) is 34.2 Å². The second-order valence-electron chi connectivity index (χ2n) is 4.18. The molecule has 0 saturated heterocycles. The highest BCUT2D eigenvalue weighted by Crippen LogP contribution is 2.02. The highest BCUT2D eigenvalue weighted by Gasteiger charge is 2.12. The number of aromatic nitrogens is 1. The molecule has 1 rings (SSSR count). The van der Waals surface area contributed by atoms with Gasteiger partial charge in [0.2, 0.25) is 0 Å². The number of pyridine rings is 1. The number of aromatic carboxylic acids is 1. The van der Waals surface area contributed by atoms with Crippen LogP contribution in [0.5, 0.6) is 0 Å². The van der Waals surface area contributed by atoms with Crippen LogP contribution in [0.2, 0.25) is 0 Å². The van der Waals surface area contributed by atoms with Gasteiger partial charge < -0.3 is 10.4 Å². The highest BCUT2D eigenvalue weighted by atomic mass is 32.2. The predicted molar refractivity (Wildman–Crippen MR) is 71.7 cm³/mol. The second kappa shape index (κ2) is 6.98. The Balaban J connectivity index is 2.58. The molecule has 0 spiro atoms. The summed E-state index contributed by atoms with van der Waals surface area (Å²) in [7, 11) is -0.883. The number of hydrogen-bond acceptors (Lipinski definition) is 4. The van der Waals surface area contributed by atoms with E-state index in [2.05, 4.69) is 10.3 Å². The number of rotatable bonds is 6. The molecule has 0 aliphatic carbocycles. The fourth-order valence-electron chi connectivity index (χ4n) is 1.38. The normalized spacial score (nSPS) is 13.6. The number of hydrogen-bond donors (Lipinski definition) is 2. The van der Waals surface area contributed by atoms with Gasteiger partial charge in [-0.2, -0.15) is 0 Å². The van der Waals surface area contributed by atoms with Crippen molar-refractivity contribution in [1.82, 2.24) is 10.3 Å². The third-order valence-corrected chi connectivity index (χ3v) is 3.27. The van der Waals surface area contributed by atoms with Gasteiger partial charge in [0.15, 0.2) is 0 Å². The van der Waals surface area contributed by atoms with Crippen LogP contribution in [-0.4, -0.2) is 44.2 Å². The lowest BCUT2D eigenvalue weighted by molar-refractivity contribution is 0.0689. The van der Waals surface area contributed by atoms with Crippen molar-refractivity contribution in [2.75, 3.05) is 12.0 Å². The van der Waals surface area contributed by atoms with Gasteiger partial charge in [0.1, 0.15) is 5.69 Å².